The summed E-state index contributed by atoms with van der Waals surface area (Å²) in [6.45, 7) is 3.05. The Morgan fingerprint density at radius 1 is 1.06 bits per heavy atom. The number of rotatable bonds is 5. The molecule has 184 valence electrons. The summed E-state index contributed by atoms with van der Waals surface area (Å²) < 4.78 is 28.3. The minimum Gasteiger partial charge on any atom is -0.338 e. The molecule has 10 heteroatoms. The predicted octanol–water partition coefficient (Wildman–Crippen LogP) is 5.19. The minimum atomic E-state index is -1.03. The molecule has 1 aliphatic rings. The lowest BCUT2D eigenvalue weighted by Gasteiger charge is -2.31. The second kappa shape index (κ2) is 9.98. The van der Waals surface area contributed by atoms with Crippen molar-refractivity contribution in [2.45, 2.75) is 25.7 Å². The Morgan fingerprint density at radius 3 is 2.53 bits per heavy atom. The molecule has 36 heavy (non-hydrogen) atoms. The number of para-hydroxylation sites is 1. The third-order valence-corrected chi connectivity index (χ3v) is 7.31. The van der Waals surface area contributed by atoms with E-state index in [1.54, 1.807) is 16.3 Å². The number of amides is 2. The Hall–Kier alpha value is -3.92. The molecule has 0 unspecified atom stereocenters. The maximum absolute atomic E-state index is 13.4. The lowest BCUT2D eigenvalue weighted by atomic mass is 9.97. The third-order valence-electron chi connectivity index (χ3n) is 6.30. The van der Waals surface area contributed by atoms with Gasteiger partial charge in [0.15, 0.2) is 11.6 Å². The number of aromatic nitrogens is 3. The molecule has 3 heterocycles. The van der Waals surface area contributed by atoms with Crippen molar-refractivity contribution in [3.63, 3.8) is 0 Å². The summed E-state index contributed by atoms with van der Waals surface area (Å²) >= 11 is 1.39. The van der Waals surface area contributed by atoms with Crippen molar-refractivity contribution in [3.8, 4) is 5.69 Å². The number of nitrogens with zero attached hydrogens (tertiary/aromatic N) is 4. The van der Waals surface area contributed by atoms with Gasteiger partial charge in [-0.05, 0) is 44.0 Å². The van der Waals surface area contributed by atoms with E-state index in [1.165, 1.54) is 17.4 Å². The van der Waals surface area contributed by atoms with Crippen LogP contribution in [0.15, 0.2) is 60.1 Å². The molecule has 1 N–H and O–H groups in total. The molecule has 5 rings (SSSR count). The van der Waals surface area contributed by atoms with Crippen molar-refractivity contribution in [3.05, 3.63) is 93.7 Å². The summed E-state index contributed by atoms with van der Waals surface area (Å²) in [5, 5.41) is 9.43. The van der Waals surface area contributed by atoms with Crippen molar-refractivity contribution in [2.75, 3.05) is 18.4 Å². The zero-order valence-corrected chi connectivity index (χ0v) is 20.3. The second-order valence-corrected chi connectivity index (χ2v) is 9.50. The van der Waals surface area contributed by atoms with Crippen LogP contribution in [0.2, 0.25) is 0 Å². The number of benzene rings is 2. The lowest BCUT2D eigenvalue weighted by Crippen LogP contribution is -2.38. The maximum Gasteiger partial charge on any atom is 0.275 e. The molecule has 2 aromatic carbocycles. The normalized spacial score (nSPS) is 14.1. The number of carbonyl (C=O) groups is 2. The van der Waals surface area contributed by atoms with Crippen molar-refractivity contribution in [2.24, 2.45) is 0 Å². The third kappa shape index (κ3) is 4.76. The fourth-order valence-corrected chi connectivity index (χ4v) is 5.27. The number of piperidine rings is 1. The van der Waals surface area contributed by atoms with Gasteiger partial charge < -0.3 is 10.2 Å². The Labute approximate surface area is 210 Å². The Morgan fingerprint density at radius 2 is 1.81 bits per heavy atom. The van der Waals surface area contributed by atoms with Gasteiger partial charge >= 0.3 is 0 Å². The number of likely N-dealkylation sites (tertiary alicyclic amines) is 1. The Balaban J connectivity index is 1.20. The van der Waals surface area contributed by atoms with Crippen LogP contribution in [0.3, 0.4) is 0 Å². The number of hydrogen-bond donors (Lipinski definition) is 1. The molecule has 1 aliphatic heterocycles. The molecular weight excluding hydrogens is 484 g/mol. The molecule has 0 radical (unpaired) electrons. The molecule has 4 aromatic rings. The van der Waals surface area contributed by atoms with E-state index in [0.29, 0.717) is 18.7 Å². The zero-order chi connectivity index (χ0) is 25.2. The van der Waals surface area contributed by atoms with Gasteiger partial charge in [0.2, 0.25) is 0 Å². The van der Waals surface area contributed by atoms with Crippen LogP contribution >= 0.6 is 11.3 Å². The average Bonchev–Trinajstić information content (AvgIpc) is 3.54. The molecule has 0 atom stereocenters. The van der Waals surface area contributed by atoms with Gasteiger partial charge in [0.05, 0.1) is 28.1 Å². The highest BCUT2D eigenvalue weighted by Gasteiger charge is 2.28. The highest BCUT2D eigenvalue weighted by molar-refractivity contribution is 7.10. The number of anilines is 1. The van der Waals surface area contributed by atoms with E-state index in [4.69, 9.17) is 0 Å². The first-order valence-electron chi connectivity index (χ1n) is 11.5. The van der Waals surface area contributed by atoms with Crippen molar-refractivity contribution in [1.29, 1.82) is 0 Å². The number of carbonyl (C=O) groups excluding carboxylic acids is 2. The van der Waals surface area contributed by atoms with Crippen LogP contribution in [0.5, 0.6) is 0 Å². The summed E-state index contributed by atoms with van der Waals surface area (Å²) in [7, 11) is 0. The molecule has 2 amide bonds. The van der Waals surface area contributed by atoms with E-state index in [9.17, 15) is 18.4 Å². The van der Waals surface area contributed by atoms with E-state index < -0.39 is 17.5 Å². The number of hydrogen-bond acceptors (Lipinski definition) is 5. The molecule has 0 spiro atoms. The van der Waals surface area contributed by atoms with Crippen molar-refractivity contribution < 1.29 is 18.4 Å². The largest absolute Gasteiger partial charge is 0.338 e. The zero-order valence-electron chi connectivity index (χ0n) is 19.4. The summed E-state index contributed by atoms with van der Waals surface area (Å²) in [5.41, 5.74) is 2.67. The van der Waals surface area contributed by atoms with E-state index in [-0.39, 0.29) is 23.2 Å². The number of nitrogens with one attached hydrogen (secondary N) is 1. The molecule has 1 saturated heterocycles. The lowest BCUT2D eigenvalue weighted by molar-refractivity contribution is 0.0712. The highest BCUT2D eigenvalue weighted by Crippen LogP contribution is 2.31. The van der Waals surface area contributed by atoms with Gasteiger partial charge in [-0.25, -0.2) is 18.4 Å². The van der Waals surface area contributed by atoms with Crippen LogP contribution in [0.1, 0.15) is 50.3 Å². The van der Waals surface area contributed by atoms with Crippen molar-refractivity contribution in [1.82, 2.24) is 19.7 Å². The minimum absolute atomic E-state index is 0.0427. The second-order valence-electron chi connectivity index (χ2n) is 8.61. The molecule has 2 aromatic heterocycles. The van der Waals surface area contributed by atoms with Crippen LogP contribution < -0.4 is 5.32 Å². The molecule has 0 saturated carbocycles. The van der Waals surface area contributed by atoms with Gasteiger partial charge in [0, 0.05) is 36.1 Å². The molecule has 0 aliphatic carbocycles. The summed E-state index contributed by atoms with van der Waals surface area (Å²) in [4.78, 5) is 32.0. The fourth-order valence-electron chi connectivity index (χ4n) is 4.30. The number of thiazole rings is 1. The Bertz CT molecular complexity index is 1410. The van der Waals surface area contributed by atoms with E-state index in [0.717, 1.165) is 41.4 Å². The first-order valence-corrected chi connectivity index (χ1v) is 12.4. The standard InChI is InChI=1S/C26H23F2N5O2S/c1-16-20(14-29-33(16)19-5-3-2-4-6-19)26(35)32-11-9-17(10-12-32)25-31-23(15-36-25)24(34)30-18-7-8-21(27)22(28)13-18/h2-8,13-15,17H,9-12H2,1H3,(H,30,34). The monoisotopic (exact) mass is 507 g/mol. The van der Waals surface area contributed by atoms with Gasteiger partial charge in [0.1, 0.15) is 5.69 Å². The summed E-state index contributed by atoms with van der Waals surface area (Å²) in [6, 6.07) is 12.9. The molecule has 0 bridgehead atoms. The van der Waals surface area contributed by atoms with Crippen molar-refractivity contribution >= 4 is 28.8 Å². The van der Waals surface area contributed by atoms with Crippen LogP contribution in [0.25, 0.3) is 5.69 Å². The van der Waals surface area contributed by atoms with Crippen LogP contribution in [0, 0.1) is 18.6 Å². The summed E-state index contributed by atoms with van der Waals surface area (Å²) in [5.74, 6) is -2.40. The Kier molecular flexibility index (Phi) is 6.60. The van der Waals surface area contributed by atoms with E-state index in [2.05, 4.69) is 15.4 Å². The van der Waals surface area contributed by atoms with E-state index >= 15 is 0 Å². The maximum atomic E-state index is 13.4. The molecule has 1 fully saturated rings. The van der Waals surface area contributed by atoms with Gasteiger partial charge in [-0.15, -0.1) is 11.3 Å². The summed E-state index contributed by atoms with van der Waals surface area (Å²) in [6.07, 6.45) is 3.08. The smallest absolute Gasteiger partial charge is 0.275 e. The quantitative estimate of drug-likeness (QED) is 0.403. The molecular formula is C26H23F2N5O2S. The topological polar surface area (TPSA) is 80.1 Å². The first-order chi connectivity index (χ1) is 17.4. The van der Waals surface area contributed by atoms with Gasteiger partial charge in [-0.3, -0.25) is 9.59 Å². The fraction of sp³-hybridized carbons (Fsp3) is 0.231. The molecule has 7 nitrogen and oxygen atoms in total. The van der Waals surface area contributed by atoms with E-state index in [1.807, 2.05) is 42.2 Å². The van der Waals surface area contributed by atoms with Gasteiger partial charge in [0.25, 0.3) is 11.8 Å². The van der Waals surface area contributed by atoms with Crippen LogP contribution in [-0.2, 0) is 0 Å². The average molecular weight is 508 g/mol. The van der Waals surface area contributed by atoms with Crippen LogP contribution in [-0.4, -0.2) is 44.6 Å². The van der Waals surface area contributed by atoms with Crippen LogP contribution in [0.4, 0.5) is 14.5 Å². The number of halogens is 2. The van der Waals surface area contributed by atoms with Gasteiger partial charge in [-0.2, -0.15) is 5.10 Å². The SMILES string of the molecule is Cc1c(C(=O)N2CCC(c3nc(C(=O)Nc4ccc(F)c(F)c4)cs3)CC2)cnn1-c1ccccc1. The predicted molar refractivity (Wildman–Crippen MR) is 133 cm³/mol. The van der Waals surface area contributed by atoms with Gasteiger partial charge in [-0.1, -0.05) is 18.2 Å². The first kappa shape index (κ1) is 23.8. The highest BCUT2D eigenvalue weighted by atomic mass is 32.1.